The molecule has 120 valence electrons. The minimum Gasteiger partial charge on any atom is -0.458 e. The van der Waals surface area contributed by atoms with Crippen molar-refractivity contribution in [3.8, 4) is 6.01 Å². The molecular weight excluding hydrogens is 292 g/mol. The molecule has 0 spiro atoms. The average Bonchev–Trinajstić information content (AvgIpc) is 2.63. The molecule has 6 nitrogen and oxygen atoms in total. The van der Waals surface area contributed by atoms with Gasteiger partial charge in [-0.1, -0.05) is 13.0 Å². The molecule has 2 aromatic heterocycles. The van der Waals surface area contributed by atoms with Crippen molar-refractivity contribution in [2.45, 2.75) is 32.3 Å². The van der Waals surface area contributed by atoms with Crippen LogP contribution in [0.3, 0.4) is 0 Å². The summed E-state index contributed by atoms with van der Waals surface area (Å²) in [7, 11) is 0. The Morgan fingerprint density at radius 3 is 2.83 bits per heavy atom. The standard InChI is InChI=1S/C17H20N4O2/c1-2-13-10-19-17(20-11-13)23-14-6-5-9-21(12-14)16(22)15-7-3-4-8-18-15/h3-4,7-8,10-11,14H,2,5-6,9,12H2,1H3. The average molecular weight is 312 g/mol. The van der Waals surface area contributed by atoms with Crippen LogP contribution in [0.2, 0.25) is 0 Å². The lowest BCUT2D eigenvalue weighted by Gasteiger charge is -2.32. The highest BCUT2D eigenvalue weighted by Crippen LogP contribution is 2.17. The zero-order valence-electron chi connectivity index (χ0n) is 13.2. The Balaban J connectivity index is 1.62. The van der Waals surface area contributed by atoms with Gasteiger partial charge < -0.3 is 9.64 Å². The van der Waals surface area contributed by atoms with E-state index >= 15 is 0 Å². The normalized spacial score (nSPS) is 17.8. The third-order valence-electron chi connectivity index (χ3n) is 3.91. The molecule has 0 bridgehead atoms. The molecule has 6 heteroatoms. The van der Waals surface area contributed by atoms with Crippen LogP contribution in [0, 0.1) is 0 Å². The van der Waals surface area contributed by atoms with Gasteiger partial charge in [0.15, 0.2) is 0 Å². The summed E-state index contributed by atoms with van der Waals surface area (Å²) in [5.74, 6) is -0.0545. The topological polar surface area (TPSA) is 68.2 Å². The highest BCUT2D eigenvalue weighted by atomic mass is 16.5. The van der Waals surface area contributed by atoms with E-state index in [1.165, 1.54) is 0 Å². The Bertz CT molecular complexity index is 645. The number of carbonyl (C=O) groups is 1. The first kappa shape index (κ1) is 15.4. The van der Waals surface area contributed by atoms with Crippen LogP contribution in [0.4, 0.5) is 0 Å². The lowest BCUT2D eigenvalue weighted by atomic mass is 10.1. The molecule has 0 saturated carbocycles. The van der Waals surface area contributed by atoms with Gasteiger partial charge in [0.2, 0.25) is 0 Å². The Hall–Kier alpha value is -2.50. The molecule has 3 heterocycles. The molecule has 1 unspecified atom stereocenters. The lowest BCUT2D eigenvalue weighted by molar-refractivity contribution is 0.0510. The Labute approximate surface area is 135 Å². The van der Waals surface area contributed by atoms with E-state index in [2.05, 4.69) is 21.9 Å². The van der Waals surface area contributed by atoms with Crippen LogP contribution in [0.1, 0.15) is 35.8 Å². The first-order valence-corrected chi connectivity index (χ1v) is 7.94. The zero-order valence-corrected chi connectivity index (χ0v) is 13.2. The minimum atomic E-state index is -0.0797. The van der Waals surface area contributed by atoms with Crippen LogP contribution in [-0.2, 0) is 6.42 Å². The van der Waals surface area contributed by atoms with E-state index in [-0.39, 0.29) is 12.0 Å². The molecule has 1 aliphatic heterocycles. The number of amides is 1. The number of pyridine rings is 1. The van der Waals surface area contributed by atoms with Crippen LogP contribution in [0.25, 0.3) is 0 Å². The summed E-state index contributed by atoms with van der Waals surface area (Å²) in [5, 5.41) is 0. The van der Waals surface area contributed by atoms with Crippen LogP contribution >= 0.6 is 0 Å². The molecule has 0 aliphatic carbocycles. The van der Waals surface area contributed by atoms with Crippen LogP contribution in [0.5, 0.6) is 6.01 Å². The molecule has 0 radical (unpaired) electrons. The monoisotopic (exact) mass is 312 g/mol. The summed E-state index contributed by atoms with van der Waals surface area (Å²) >= 11 is 0. The van der Waals surface area contributed by atoms with Gasteiger partial charge in [0.05, 0.1) is 6.54 Å². The van der Waals surface area contributed by atoms with Crippen molar-refractivity contribution in [3.63, 3.8) is 0 Å². The number of aryl methyl sites for hydroxylation is 1. The summed E-state index contributed by atoms with van der Waals surface area (Å²) in [6, 6.07) is 5.73. The number of ether oxygens (including phenoxy) is 1. The number of nitrogens with zero attached hydrogens (tertiary/aromatic N) is 4. The highest BCUT2D eigenvalue weighted by Gasteiger charge is 2.26. The molecule has 1 saturated heterocycles. The van der Waals surface area contributed by atoms with Gasteiger partial charge in [0, 0.05) is 25.1 Å². The number of hydrogen-bond donors (Lipinski definition) is 0. The third-order valence-corrected chi connectivity index (χ3v) is 3.91. The fraction of sp³-hybridized carbons (Fsp3) is 0.412. The summed E-state index contributed by atoms with van der Waals surface area (Å²) in [6.07, 6.45) is 7.80. The SMILES string of the molecule is CCc1cnc(OC2CCCN(C(=O)c3ccccn3)C2)nc1. The van der Waals surface area contributed by atoms with Crippen LogP contribution in [0.15, 0.2) is 36.8 Å². The van der Waals surface area contributed by atoms with E-state index in [1.54, 1.807) is 35.6 Å². The minimum absolute atomic E-state index is 0.0545. The quantitative estimate of drug-likeness (QED) is 0.865. The number of piperidine rings is 1. The van der Waals surface area contributed by atoms with Gasteiger partial charge in [0.1, 0.15) is 11.8 Å². The Morgan fingerprint density at radius 2 is 2.13 bits per heavy atom. The van der Waals surface area contributed by atoms with E-state index in [9.17, 15) is 4.79 Å². The molecule has 0 N–H and O–H groups in total. The van der Waals surface area contributed by atoms with E-state index in [4.69, 9.17) is 4.74 Å². The van der Waals surface area contributed by atoms with Crippen molar-refractivity contribution in [1.29, 1.82) is 0 Å². The zero-order chi connectivity index (χ0) is 16.1. The smallest absolute Gasteiger partial charge is 0.316 e. The molecule has 3 rings (SSSR count). The first-order valence-electron chi connectivity index (χ1n) is 7.94. The number of aromatic nitrogens is 3. The number of rotatable bonds is 4. The number of likely N-dealkylation sites (tertiary alicyclic amines) is 1. The molecule has 1 fully saturated rings. The number of carbonyl (C=O) groups excluding carboxylic acids is 1. The summed E-state index contributed by atoms with van der Waals surface area (Å²) in [6.45, 7) is 3.32. The molecule has 2 aromatic rings. The predicted octanol–water partition coefficient (Wildman–Crippen LogP) is 2.12. The molecule has 23 heavy (non-hydrogen) atoms. The van der Waals surface area contributed by atoms with Gasteiger partial charge in [-0.3, -0.25) is 9.78 Å². The maximum Gasteiger partial charge on any atom is 0.316 e. The molecular formula is C17H20N4O2. The molecule has 1 atom stereocenters. The van der Waals surface area contributed by atoms with Gasteiger partial charge in [-0.05, 0) is 37.0 Å². The second kappa shape index (κ2) is 7.17. The van der Waals surface area contributed by atoms with Crippen molar-refractivity contribution in [3.05, 3.63) is 48.0 Å². The molecule has 1 amide bonds. The van der Waals surface area contributed by atoms with Crippen molar-refractivity contribution in [2.75, 3.05) is 13.1 Å². The first-order chi connectivity index (χ1) is 11.3. The lowest BCUT2D eigenvalue weighted by Crippen LogP contribution is -2.44. The van der Waals surface area contributed by atoms with E-state index in [0.717, 1.165) is 31.4 Å². The largest absolute Gasteiger partial charge is 0.458 e. The molecule has 0 aromatic carbocycles. The Morgan fingerprint density at radius 1 is 1.30 bits per heavy atom. The van der Waals surface area contributed by atoms with Gasteiger partial charge in [0.25, 0.3) is 5.91 Å². The van der Waals surface area contributed by atoms with E-state index < -0.39 is 0 Å². The van der Waals surface area contributed by atoms with Crippen molar-refractivity contribution in [2.24, 2.45) is 0 Å². The number of hydrogen-bond acceptors (Lipinski definition) is 5. The third kappa shape index (κ3) is 3.83. The van der Waals surface area contributed by atoms with Gasteiger partial charge in [-0.2, -0.15) is 0 Å². The van der Waals surface area contributed by atoms with Gasteiger partial charge in [-0.15, -0.1) is 0 Å². The van der Waals surface area contributed by atoms with Crippen molar-refractivity contribution < 1.29 is 9.53 Å². The van der Waals surface area contributed by atoms with Crippen molar-refractivity contribution in [1.82, 2.24) is 19.9 Å². The van der Waals surface area contributed by atoms with E-state index in [1.807, 2.05) is 6.07 Å². The van der Waals surface area contributed by atoms with Crippen LogP contribution < -0.4 is 4.74 Å². The fourth-order valence-electron chi connectivity index (χ4n) is 2.61. The predicted molar refractivity (Wildman–Crippen MR) is 85.2 cm³/mol. The van der Waals surface area contributed by atoms with Crippen LogP contribution in [-0.4, -0.2) is 45.0 Å². The summed E-state index contributed by atoms with van der Waals surface area (Å²) < 4.78 is 5.83. The second-order valence-corrected chi connectivity index (χ2v) is 5.58. The maximum atomic E-state index is 12.5. The maximum absolute atomic E-state index is 12.5. The summed E-state index contributed by atoms with van der Waals surface area (Å²) in [4.78, 5) is 26.8. The van der Waals surface area contributed by atoms with E-state index in [0.29, 0.717) is 18.2 Å². The Kier molecular flexibility index (Phi) is 4.80. The van der Waals surface area contributed by atoms with Crippen molar-refractivity contribution >= 4 is 5.91 Å². The van der Waals surface area contributed by atoms with Gasteiger partial charge >= 0.3 is 6.01 Å². The fourth-order valence-corrected chi connectivity index (χ4v) is 2.61. The highest BCUT2D eigenvalue weighted by molar-refractivity contribution is 5.92. The second-order valence-electron chi connectivity index (χ2n) is 5.58. The molecule has 1 aliphatic rings. The summed E-state index contributed by atoms with van der Waals surface area (Å²) in [5.41, 5.74) is 1.55. The van der Waals surface area contributed by atoms with Gasteiger partial charge in [-0.25, -0.2) is 9.97 Å².